The second kappa shape index (κ2) is 6.27. The zero-order valence-corrected chi connectivity index (χ0v) is 9.40. The number of hydrazine groups is 1. The first-order valence-corrected chi connectivity index (χ1v) is 4.72. The minimum Gasteiger partial charge on any atom is -0.347 e. The van der Waals surface area contributed by atoms with Gasteiger partial charge in [0, 0.05) is 13.1 Å². The van der Waals surface area contributed by atoms with Crippen LogP contribution in [-0.4, -0.2) is 36.7 Å². The van der Waals surface area contributed by atoms with Crippen molar-refractivity contribution in [1.29, 1.82) is 0 Å². The topological polar surface area (TPSA) is 58.4 Å². The highest BCUT2D eigenvalue weighted by atomic mass is 35.5. The number of nitrogens with one attached hydrogen (secondary N) is 1. The van der Waals surface area contributed by atoms with Crippen molar-refractivity contribution >= 4 is 18.3 Å². The Morgan fingerprint density at radius 1 is 1.50 bits per heavy atom. The zero-order chi connectivity index (χ0) is 11.5. The minimum atomic E-state index is -4.35. The first kappa shape index (κ1) is 15.5. The van der Waals surface area contributed by atoms with Crippen LogP contribution in [0, 0.1) is 5.92 Å². The lowest BCUT2D eigenvalue weighted by molar-refractivity contribution is -0.141. The van der Waals surface area contributed by atoms with Crippen LogP contribution < -0.4 is 11.2 Å². The molecule has 1 saturated heterocycles. The standard InChI is InChI=1S/C8H14F3N3O.ClH/c9-8(10,11)5-13-7(15)6-2-1-3-14(12)4-6;/h6H,1-5,12H2,(H,13,15);1H/t6-;/m1./s1. The zero-order valence-electron chi connectivity index (χ0n) is 8.59. The van der Waals surface area contributed by atoms with Crippen LogP contribution in [0.1, 0.15) is 12.8 Å². The Kier molecular flexibility index (Phi) is 6.06. The molecule has 0 bridgehead atoms. The summed E-state index contributed by atoms with van der Waals surface area (Å²) < 4.78 is 35.4. The molecule has 1 heterocycles. The molecule has 96 valence electrons. The second-order valence-electron chi connectivity index (χ2n) is 3.67. The fourth-order valence-electron chi connectivity index (χ4n) is 1.55. The van der Waals surface area contributed by atoms with E-state index in [-0.39, 0.29) is 12.4 Å². The molecule has 1 rings (SSSR count). The predicted molar refractivity (Wildman–Crippen MR) is 54.8 cm³/mol. The molecule has 0 spiro atoms. The fraction of sp³-hybridized carbons (Fsp3) is 0.875. The normalized spacial score (nSPS) is 22.4. The number of rotatable bonds is 2. The van der Waals surface area contributed by atoms with Gasteiger partial charge in [-0.15, -0.1) is 12.4 Å². The molecule has 8 heteroatoms. The first-order valence-electron chi connectivity index (χ1n) is 4.72. The molecule has 0 saturated carbocycles. The summed E-state index contributed by atoms with van der Waals surface area (Å²) >= 11 is 0. The number of nitrogens with two attached hydrogens (primary N) is 1. The lowest BCUT2D eigenvalue weighted by Gasteiger charge is -2.28. The van der Waals surface area contributed by atoms with Crippen molar-refractivity contribution in [2.75, 3.05) is 19.6 Å². The molecule has 1 atom stereocenters. The Morgan fingerprint density at radius 3 is 2.62 bits per heavy atom. The molecule has 0 aromatic carbocycles. The smallest absolute Gasteiger partial charge is 0.347 e. The summed E-state index contributed by atoms with van der Waals surface area (Å²) in [7, 11) is 0. The van der Waals surface area contributed by atoms with Gasteiger partial charge >= 0.3 is 6.18 Å². The third kappa shape index (κ3) is 5.53. The lowest BCUT2D eigenvalue weighted by atomic mass is 9.98. The highest BCUT2D eigenvalue weighted by molar-refractivity contribution is 5.85. The maximum absolute atomic E-state index is 11.8. The maximum atomic E-state index is 11.8. The molecular formula is C8H15ClF3N3O. The van der Waals surface area contributed by atoms with Crippen LogP contribution in [0.15, 0.2) is 0 Å². The molecule has 0 aromatic rings. The van der Waals surface area contributed by atoms with Crippen molar-refractivity contribution in [3.63, 3.8) is 0 Å². The highest BCUT2D eigenvalue weighted by Gasteiger charge is 2.30. The number of amides is 1. The lowest BCUT2D eigenvalue weighted by Crippen LogP contribution is -2.47. The summed E-state index contributed by atoms with van der Waals surface area (Å²) in [4.78, 5) is 11.3. The molecule has 3 N–H and O–H groups in total. The molecule has 1 aliphatic rings. The molecule has 16 heavy (non-hydrogen) atoms. The average molecular weight is 262 g/mol. The summed E-state index contributed by atoms with van der Waals surface area (Å²) in [6, 6.07) is 0. The van der Waals surface area contributed by atoms with E-state index in [2.05, 4.69) is 0 Å². The van der Waals surface area contributed by atoms with E-state index in [1.165, 1.54) is 5.01 Å². The van der Waals surface area contributed by atoms with E-state index in [0.29, 0.717) is 19.5 Å². The van der Waals surface area contributed by atoms with E-state index < -0.39 is 24.5 Å². The highest BCUT2D eigenvalue weighted by Crippen LogP contribution is 2.16. The third-order valence-electron chi connectivity index (χ3n) is 2.29. The van der Waals surface area contributed by atoms with Crippen molar-refractivity contribution in [2.45, 2.75) is 19.0 Å². The number of carbonyl (C=O) groups is 1. The van der Waals surface area contributed by atoms with Gasteiger partial charge in [0.1, 0.15) is 6.54 Å². The Labute approximate surface area is 97.7 Å². The summed E-state index contributed by atoms with van der Waals surface area (Å²) in [5, 5.41) is 3.33. The SMILES string of the molecule is Cl.NN1CCC[C@@H](C(=O)NCC(F)(F)F)C1. The number of nitrogens with zero attached hydrogens (tertiary/aromatic N) is 1. The fourth-order valence-corrected chi connectivity index (χ4v) is 1.55. The number of hydrogen-bond acceptors (Lipinski definition) is 3. The Bertz CT molecular complexity index is 237. The van der Waals surface area contributed by atoms with Gasteiger partial charge < -0.3 is 5.32 Å². The Balaban J connectivity index is 0.00000225. The van der Waals surface area contributed by atoms with E-state index in [9.17, 15) is 18.0 Å². The molecular weight excluding hydrogens is 247 g/mol. The Hall–Kier alpha value is -0.530. The van der Waals surface area contributed by atoms with Crippen LogP contribution >= 0.6 is 12.4 Å². The minimum absolute atomic E-state index is 0. The van der Waals surface area contributed by atoms with E-state index in [0.717, 1.165) is 6.42 Å². The predicted octanol–water partition coefficient (Wildman–Crippen LogP) is 0.672. The largest absolute Gasteiger partial charge is 0.405 e. The van der Waals surface area contributed by atoms with Crippen LogP contribution in [0.2, 0.25) is 0 Å². The summed E-state index contributed by atoms with van der Waals surface area (Å²) in [6.07, 6.45) is -3.02. The molecule has 0 unspecified atom stereocenters. The van der Waals surface area contributed by atoms with Gasteiger partial charge in [-0.1, -0.05) is 0 Å². The van der Waals surface area contributed by atoms with Crippen LogP contribution in [0.3, 0.4) is 0 Å². The van der Waals surface area contributed by atoms with Crippen LogP contribution in [0.4, 0.5) is 13.2 Å². The van der Waals surface area contributed by atoms with Gasteiger partial charge in [0.2, 0.25) is 5.91 Å². The molecule has 0 aliphatic carbocycles. The molecule has 1 aliphatic heterocycles. The van der Waals surface area contributed by atoms with Gasteiger partial charge in [0.05, 0.1) is 5.92 Å². The van der Waals surface area contributed by atoms with Gasteiger partial charge in [-0.25, -0.2) is 5.01 Å². The van der Waals surface area contributed by atoms with E-state index in [1.54, 1.807) is 0 Å². The van der Waals surface area contributed by atoms with Crippen molar-refractivity contribution in [3.8, 4) is 0 Å². The van der Waals surface area contributed by atoms with Crippen molar-refractivity contribution < 1.29 is 18.0 Å². The van der Waals surface area contributed by atoms with Gasteiger partial charge in [0.15, 0.2) is 0 Å². The van der Waals surface area contributed by atoms with E-state index in [1.807, 2.05) is 5.32 Å². The first-order chi connectivity index (χ1) is 6.88. The molecule has 4 nitrogen and oxygen atoms in total. The van der Waals surface area contributed by atoms with Crippen molar-refractivity contribution in [1.82, 2.24) is 10.3 Å². The summed E-state index contributed by atoms with van der Waals surface area (Å²) in [5.74, 6) is 4.48. The number of alkyl halides is 3. The van der Waals surface area contributed by atoms with Crippen LogP contribution in [-0.2, 0) is 4.79 Å². The quantitative estimate of drug-likeness (QED) is 0.719. The van der Waals surface area contributed by atoms with Crippen molar-refractivity contribution in [2.24, 2.45) is 11.8 Å². The molecule has 0 aromatic heterocycles. The maximum Gasteiger partial charge on any atom is 0.405 e. The van der Waals surface area contributed by atoms with Gasteiger partial charge in [0.25, 0.3) is 0 Å². The van der Waals surface area contributed by atoms with Gasteiger partial charge in [-0.2, -0.15) is 13.2 Å². The number of carbonyl (C=O) groups excluding carboxylic acids is 1. The second-order valence-corrected chi connectivity index (χ2v) is 3.67. The van der Waals surface area contributed by atoms with Crippen molar-refractivity contribution in [3.05, 3.63) is 0 Å². The summed E-state index contributed by atoms with van der Waals surface area (Å²) in [5.41, 5.74) is 0. The van der Waals surface area contributed by atoms with Crippen LogP contribution in [0.5, 0.6) is 0 Å². The molecule has 1 amide bonds. The van der Waals surface area contributed by atoms with Crippen LogP contribution in [0.25, 0.3) is 0 Å². The third-order valence-corrected chi connectivity index (χ3v) is 2.29. The van der Waals surface area contributed by atoms with E-state index >= 15 is 0 Å². The number of piperidine rings is 1. The van der Waals surface area contributed by atoms with E-state index in [4.69, 9.17) is 5.84 Å². The molecule has 1 fully saturated rings. The molecule has 0 radical (unpaired) electrons. The van der Waals surface area contributed by atoms with Gasteiger partial charge in [-0.05, 0) is 12.8 Å². The Morgan fingerprint density at radius 2 is 2.12 bits per heavy atom. The monoisotopic (exact) mass is 261 g/mol. The summed E-state index contributed by atoms with van der Waals surface area (Å²) in [6.45, 7) is -0.264. The number of hydrogen-bond donors (Lipinski definition) is 2. The number of halogens is 4. The van der Waals surface area contributed by atoms with Gasteiger partial charge in [-0.3, -0.25) is 10.6 Å². The average Bonchev–Trinajstić information content (AvgIpc) is 2.13.